The average molecular weight is 335 g/mol. The summed E-state index contributed by atoms with van der Waals surface area (Å²) in [4.78, 5) is 3.40. The molecule has 0 saturated carbocycles. The second-order valence-electron chi connectivity index (χ2n) is 5.50. The van der Waals surface area contributed by atoms with E-state index in [0.29, 0.717) is 10.7 Å². The maximum Gasteiger partial charge on any atom is 0.0560 e. The van der Waals surface area contributed by atoms with Crippen molar-refractivity contribution in [1.82, 2.24) is 0 Å². The highest BCUT2D eigenvalue weighted by Gasteiger charge is 2.28. The molecule has 0 saturated heterocycles. The van der Waals surface area contributed by atoms with Crippen molar-refractivity contribution < 1.29 is 0 Å². The third-order valence-electron chi connectivity index (χ3n) is 4.10. The number of fused-ring (bicyclic) bond motifs is 1. The molecule has 0 amide bonds. The molecule has 0 bridgehead atoms. The lowest BCUT2D eigenvalue weighted by Crippen LogP contribution is -2.13. The molecule has 0 nitrogen and oxygen atoms in total. The minimum atomic E-state index is 0.465. The SMILES string of the molecule is Cc1cc(C)c(C(Br)C2CCCc3ccccc32)s1. The van der Waals surface area contributed by atoms with Crippen LogP contribution in [0.15, 0.2) is 30.3 Å². The minimum Gasteiger partial charge on any atom is -0.144 e. The summed E-state index contributed by atoms with van der Waals surface area (Å²) in [6, 6.07) is 11.3. The molecule has 1 aliphatic rings. The van der Waals surface area contributed by atoms with Crippen molar-refractivity contribution in [3.05, 3.63) is 56.8 Å². The maximum absolute atomic E-state index is 3.99. The molecule has 1 aliphatic carbocycles. The molecule has 0 fully saturated rings. The van der Waals surface area contributed by atoms with E-state index in [1.807, 2.05) is 11.3 Å². The molecule has 100 valence electrons. The van der Waals surface area contributed by atoms with Crippen LogP contribution in [0.4, 0.5) is 0 Å². The van der Waals surface area contributed by atoms with Crippen LogP contribution in [0.5, 0.6) is 0 Å². The van der Waals surface area contributed by atoms with Crippen LogP contribution in [0.1, 0.15) is 50.0 Å². The van der Waals surface area contributed by atoms with E-state index in [-0.39, 0.29) is 0 Å². The van der Waals surface area contributed by atoms with Crippen LogP contribution < -0.4 is 0 Å². The first-order valence-electron chi connectivity index (χ1n) is 6.95. The first-order valence-corrected chi connectivity index (χ1v) is 8.69. The van der Waals surface area contributed by atoms with E-state index in [1.165, 1.54) is 34.6 Å². The van der Waals surface area contributed by atoms with Crippen molar-refractivity contribution >= 4 is 27.3 Å². The van der Waals surface area contributed by atoms with Crippen molar-refractivity contribution in [2.75, 3.05) is 0 Å². The predicted molar refractivity (Wildman–Crippen MR) is 87.6 cm³/mol. The van der Waals surface area contributed by atoms with E-state index in [1.54, 1.807) is 11.1 Å². The Hall–Kier alpha value is -0.600. The fourth-order valence-electron chi connectivity index (χ4n) is 3.21. The number of halogens is 1. The fraction of sp³-hybridized carbons (Fsp3) is 0.412. The van der Waals surface area contributed by atoms with Gasteiger partial charge in [0.25, 0.3) is 0 Å². The van der Waals surface area contributed by atoms with Crippen molar-refractivity contribution in [3.63, 3.8) is 0 Å². The Morgan fingerprint density at radius 2 is 2.05 bits per heavy atom. The van der Waals surface area contributed by atoms with E-state index in [2.05, 4.69) is 60.1 Å². The first kappa shape index (κ1) is 13.4. The molecular formula is C17H19BrS. The van der Waals surface area contributed by atoms with E-state index >= 15 is 0 Å². The van der Waals surface area contributed by atoms with Gasteiger partial charge in [0.2, 0.25) is 0 Å². The van der Waals surface area contributed by atoms with E-state index < -0.39 is 0 Å². The van der Waals surface area contributed by atoms with Gasteiger partial charge in [-0.15, -0.1) is 11.3 Å². The molecule has 2 aromatic rings. The summed E-state index contributed by atoms with van der Waals surface area (Å²) >= 11 is 5.94. The summed E-state index contributed by atoms with van der Waals surface area (Å²) in [7, 11) is 0. The van der Waals surface area contributed by atoms with Crippen LogP contribution in [0.2, 0.25) is 0 Å². The number of aryl methyl sites for hydroxylation is 3. The Labute approximate surface area is 128 Å². The smallest absolute Gasteiger partial charge is 0.0560 e. The Balaban J connectivity index is 1.97. The highest BCUT2D eigenvalue weighted by molar-refractivity contribution is 9.09. The minimum absolute atomic E-state index is 0.465. The van der Waals surface area contributed by atoms with Gasteiger partial charge in [0, 0.05) is 15.7 Å². The van der Waals surface area contributed by atoms with Crippen molar-refractivity contribution in [1.29, 1.82) is 0 Å². The van der Waals surface area contributed by atoms with Crippen LogP contribution in [-0.4, -0.2) is 0 Å². The number of alkyl halides is 1. The zero-order valence-electron chi connectivity index (χ0n) is 11.4. The van der Waals surface area contributed by atoms with Crippen molar-refractivity contribution in [3.8, 4) is 0 Å². The highest BCUT2D eigenvalue weighted by atomic mass is 79.9. The van der Waals surface area contributed by atoms with Gasteiger partial charge in [-0.1, -0.05) is 40.2 Å². The molecule has 2 heteroatoms. The fourth-order valence-corrected chi connectivity index (χ4v) is 5.48. The summed E-state index contributed by atoms with van der Waals surface area (Å²) in [5.74, 6) is 0.627. The molecule has 1 aromatic heterocycles. The van der Waals surface area contributed by atoms with Crippen LogP contribution in [-0.2, 0) is 6.42 Å². The lowest BCUT2D eigenvalue weighted by Gasteiger charge is -2.29. The second kappa shape index (κ2) is 5.41. The zero-order chi connectivity index (χ0) is 13.4. The van der Waals surface area contributed by atoms with Gasteiger partial charge in [-0.3, -0.25) is 0 Å². The molecular weight excluding hydrogens is 316 g/mol. The van der Waals surface area contributed by atoms with E-state index in [4.69, 9.17) is 0 Å². The predicted octanol–water partition coefficient (Wildman–Crippen LogP) is 5.92. The van der Waals surface area contributed by atoms with Crippen LogP contribution in [0, 0.1) is 13.8 Å². The quantitative estimate of drug-likeness (QED) is 0.598. The van der Waals surface area contributed by atoms with E-state index in [9.17, 15) is 0 Å². The van der Waals surface area contributed by atoms with Crippen LogP contribution >= 0.6 is 27.3 Å². The molecule has 0 aliphatic heterocycles. The largest absolute Gasteiger partial charge is 0.144 e. The molecule has 1 aromatic carbocycles. The molecule has 1 heterocycles. The third kappa shape index (κ3) is 2.53. The molecule has 0 spiro atoms. The van der Waals surface area contributed by atoms with E-state index in [0.717, 1.165) is 0 Å². The Morgan fingerprint density at radius 1 is 1.26 bits per heavy atom. The molecule has 19 heavy (non-hydrogen) atoms. The second-order valence-corrected chi connectivity index (χ2v) is 7.78. The summed E-state index contributed by atoms with van der Waals surface area (Å²) in [5, 5.41) is 0. The van der Waals surface area contributed by atoms with Gasteiger partial charge < -0.3 is 0 Å². The standard InChI is InChI=1S/C17H19BrS/c1-11-10-12(2)19-17(11)16(18)15-9-5-7-13-6-3-4-8-14(13)15/h3-4,6,8,10,15-16H,5,7,9H2,1-2H3. The Morgan fingerprint density at radius 3 is 2.79 bits per heavy atom. The Bertz CT molecular complexity index is 585. The number of hydrogen-bond acceptors (Lipinski definition) is 1. The lowest BCUT2D eigenvalue weighted by molar-refractivity contribution is 0.550. The zero-order valence-corrected chi connectivity index (χ0v) is 13.9. The van der Waals surface area contributed by atoms with Gasteiger partial charge in [0.05, 0.1) is 4.83 Å². The van der Waals surface area contributed by atoms with Crippen molar-refractivity contribution in [2.45, 2.75) is 43.9 Å². The van der Waals surface area contributed by atoms with Crippen molar-refractivity contribution in [2.24, 2.45) is 0 Å². The van der Waals surface area contributed by atoms with Crippen LogP contribution in [0.25, 0.3) is 0 Å². The molecule has 0 radical (unpaired) electrons. The molecule has 2 atom stereocenters. The number of rotatable bonds is 2. The van der Waals surface area contributed by atoms with Gasteiger partial charge in [-0.25, -0.2) is 0 Å². The summed E-state index contributed by atoms with van der Waals surface area (Å²) in [6.45, 7) is 4.44. The summed E-state index contributed by atoms with van der Waals surface area (Å²) in [5.41, 5.74) is 4.54. The monoisotopic (exact) mass is 334 g/mol. The highest BCUT2D eigenvalue weighted by Crippen LogP contribution is 2.47. The van der Waals surface area contributed by atoms with Gasteiger partial charge in [-0.05, 0) is 55.9 Å². The maximum atomic E-state index is 3.99. The third-order valence-corrected chi connectivity index (χ3v) is 6.73. The average Bonchev–Trinajstić information content (AvgIpc) is 2.76. The van der Waals surface area contributed by atoms with Gasteiger partial charge in [-0.2, -0.15) is 0 Å². The first-order chi connectivity index (χ1) is 9.16. The van der Waals surface area contributed by atoms with Crippen LogP contribution in [0.3, 0.4) is 0 Å². The molecule has 2 unspecified atom stereocenters. The number of thiophene rings is 1. The summed E-state index contributed by atoms with van der Waals surface area (Å²) < 4.78 is 0. The summed E-state index contributed by atoms with van der Waals surface area (Å²) in [6.07, 6.45) is 3.85. The molecule has 0 N–H and O–H groups in total. The topological polar surface area (TPSA) is 0 Å². The number of benzene rings is 1. The van der Waals surface area contributed by atoms with Gasteiger partial charge in [0.15, 0.2) is 0 Å². The normalized spacial score (nSPS) is 20.1. The lowest BCUT2D eigenvalue weighted by atomic mass is 9.80. The molecule has 3 rings (SSSR count). The van der Waals surface area contributed by atoms with Gasteiger partial charge >= 0.3 is 0 Å². The Kier molecular flexibility index (Phi) is 3.81. The van der Waals surface area contributed by atoms with Gasteiger partial charge in [0.1, 0.15) is 0 Å². The number of hydrogen-bond donors (Lipinski definition) is 0.